The Morgan fingerprint density at radius 2 is 1.64 bits per heavy atom. The van der Waals surface area contributed by atoms with E-state index in [0.29, 0.717) is 17.1 Å². The molecule has 4 nitrogen and oxygen atoms in total. The van der Waals surface area contributed by atoms with Crippen LogP contribution in [0.25, 0.3) is 11.4 Å². The van der Waals surface area contributed by atoms with Crippen LogP contribution in [0, 0.1) is 6.92 Å². The molecule has 0 aliphatic carbocycles. The van der Waals surface area contributed by atoms with E-state index >= 15 is 0 Å². The Bertz CT molecular complexity index is 830. The number of benzene rings is 2. The number of hydrogen-bond donors (Lipinski definition) is 1. The Hall–Kier alpha value is -3.01. The molecule has 0 radical (unpaired) electrons. The Labute approximate surface area is 128 Å². The first-order valence-electron chi connectivity index (χ1n) is 6.88. The van der Waals surface area contributed by atoms with E-state index in [-0.39, 0.29) is 17.1 Å². The quantitative estimate of drug-likeness (QED) is 0.751. The van der Waals surface area contributed by atoms with Crippen molar-refractivity contribution in [2.45, 2.75) is 6.92 Å². The Morgan fingerprint density at radius 3 is 2.32 bits per heavy atom. The van der Waals surface area contributed by atoms with E-state index in [1.54, 1.807) is 25.1 Å². The number of para-hydroxylation sites is 1. The third-order valence-electron chi connectivity index (χ3n) is 3.40. The van der Waals surface area contributed by atoms with Crippen molar-refractivity contribution in [1.29, 1.82) is 0 Å². The van der Waals surface area contributed by atoms with Crippen LogP contribution in [-0.4, -0.2) is 20.9 Å². The Balaban J connectivity index is 2.00. The summed E-state index contributed by atoms with van der Waals surface area (Å²) in [5.41, 5.74) is 2.12. The van der Waals surface area contributed by atoms with Crippen molar-refractivity contribution < 1.29 is 9.90 Å². The molecule has 108 valence electrons. The van der Waals surface area contributed by atoms with Crippen LogP contribution in [-0.2, 0) is 0 Å². The summed E-state index contributed by atoms with van der Waals surface area (Å²) in [7, 11) is 0. The lowest BCUT2D eigenvalue weighted by Gasteiger charge is -2.07. The molecule has 2 aromatic carbocycles. The zero-order valence-corrected chi connectivity index (χ0v) is 12.0. The van der Waals surface area contributed by atoms with Gasteiger partial charge in [0.15, 0.2) is 11.6 Å². The molecule has 0 unspecified atom stereocenters. The number of rotatable bonds is 3. The second-order valence-electron chi connectivity index (χ2n) is 4.90. The van der Waals surface area contributed by atoms with E-state index in [1.807, 2.05) is 30.3 Å². The Kier molecular flexibility index (Phi) is 3.66. The highest BCUT2D eigenvalue weighted by molar-refractivity contribution is 6.11. The maximum atomic E-state index is 12.5. The molecule has 22 heavy (non-hydrogen) atoms. The highest BCUT2D eigenvalue weighted by Crippen LogP contribution is 2.22. The van der Waals surface area contributed by atoms with E-state index in [0.717, 1.165) is 5.56 Å². The summed E-state index contributed by atoms with van der Waals surface area (Å²) in [6, 6.07) is 16.0. The maximum Gasteiger partial charge on any atom is 0.200 e. The largest absolute Gasteiger partial charge is 0.507 e. The predicted molar refractivity (Wildman–Crippen MR) is 83.7 cm³/mol. The molecular formula is C18H14N2O2. The molecule has 0 spiro atoms. The highest BCUT2D eigenvalue weighted by Gasteiger charge is 2.17. The number of ketones is 1. The smallest absolute Gasteiger partial charge is 0.200 e. The molecule has 3 aromatic rings. The average molecular weight is 290 g/mol. The van der Waals surface area contributed by atoms with E-state index in [2.05, 4.69) is 9.97 Å². The monoisotopic (exact) mass is 290 g/mol. The van der Waals surface area contributed by atoms with Gasteiger partial charge in [-0.3, -0.25) is 4.79 Å². The zero-order chi connectivity index (χ0) is 15.5. The number of phenolic OH excluding ortho intramolecular Hbond substituents is 1. The molecule has 0 aliphatic rings. The number of aromatic hydroxyl groups is 1. The summed E-state index contributed by atoms with van der Waals surface area (Å²) >= 11 is 0. The van der Waals surface area contributed by atoms with Crippen LogP contribution < -0.4 is 0 Å². The van der Waals surface area contributed by atoms with Crippen LogP contribution >= 0.6 is 0 Å². The minimum atomic E-state index is -0.282. The van der Waals surface area contributed by atoms with Gasteiger partial charge in [0, 0.05) is 11.8 Å². The van der Waals surface area contributed by atoms with Gasteiger partial charge < -0.3 is 5.11 Å². The van der Waals surface area contributed by atoms with Gasteiger partial charge in [-0.15, -0.1) is 0 Å². The van der Waals surface area contributed by atoms with Gasteiger partial charge in [0.05, 0.1) is 16.8 Å². The molecule has 3 rings (SSSR count). The summed E-state index contributed by atoms with van der Waals surface area (Å²) < 4.78 is 0. The highest BCUT2D eigenvalue weighted by atomic mass is 16.3. The van der Waals surface area contributed by atoms with Gasteiger partial charge >= 0.3 is 0 Å². The van der Waals surface area contributed by atoms with E-state index in [9.17, 15) is 9.90 Å². The fourth-order valence-electron chi connectivity index (χ4n) is 2.23. The van der Waals surface area contributed by atoms with Gasteiger partial charge in [-0.25, -0.2) is 9.97 Å². The van der Waals surface area contributed by atoms with Crippen molar-refractivity contribution in [3.05, 3.63) is 77.6 Å². The van der Waals surface area contributed by atoms with E-state index in [4.69, 9.17) is 0 Å². The number of carbonyl (C=O) groups excluding carboxylic acids is 1. The molecule has 1 heterocycles. The minimum Gasteiger partial charge on any atom is -0.507 e. The minimum absolute atomic E-state index is 0.0426. The van der Waals surface area contributed by atoms with Crippen molar-refractivity contribution in [3.8, 4) is 17.1 Å². The molecule has 1 N–H and O–H groups in total. The van der Waals surface area contributed by atoms with Crippen LogP contribution in [0.4, 0.5) is 0 Å². The number of aryl methyl sites for hydroxylation is 1. The number of hydrogen-bond acceptors (Lipinski definition) is 4. The molecule has 0 aliphatic heterocycles. The van der Waals surface area contributed by atoms with Crippen molar-refractivity contribution in [1.82, 2.24) is 9.97 Å². The number of aromatic nitrogens is 2. The van der Waals surface area contributed by atoms with Crippen LogP contribution in [0.2, 0.25) is 0 Å². The van der Waals surface area contributed by atoms with Crippen LogP contribution in [0.5, 0.6) is 5.75 Å². The average Bonchev–Trinajstić information content (AvgIpc) is 2.55. The van der Waals surface area contributed by atoms with Gasteiger partial charge in [-0.2, -0.15) is 0 Å². The number of phenols is 1. The first-order chi connectivity index (χ1) is 10.7. The van der Waals surface area contributed by atoms with Crippen molar-refractivity contribution in [3.63, 3.8) is 0 Å². The van der Waals surface area contributed by atoms with Gasteiger partial charge in [0.2, 0.25) is 0 Å². The normalized spacial score (nSPS) is 10.4. The Morgan fingerprint density at radius 1 is 0.955 bits per heavy atom. The predicted octanol–water partition coefficient (Wildman–Crippen LogP) is 3.39. The van der Waals surface area contributed by atoms with Crippen molar-refractivity contribution in [2.24, 2.45) is 0 Å². The van der Waals surface area contributed by atoms with Crippen LogP contribution in [0.15, 0.2) is 60.8 Å². The fraction of sp³-hybridized carbons (Fsp3) is 0.0556. The third-order valence-corrected chi connectivity index (χ3v) is 3.40. The first-order valence-corrected chi connectivity index (χ1v) is 6.88. The molecule has 0 fully saturated rings. The van der Waals surface area contributed by atoms with Crippen LogP contribution in [0.3, 0.4) is 0 Å². The van der Waals surface area contributed by atoms with E-state index in [1.165, 1.54) is 12.3 Å². The lowest BCUT2D eigenvalue weighted by Crippen LogP contribution is -2.07. The molecule has 0 saturated heterocycles. The van der Waals surface area contributed by atoms with Gasteiger partial charge in [0.25, 0.3) is 0 Å². The summed E-state index contributed by atoms with van der Waals surface area (Å²) in [6.07, 6.45) is 1.51. The molecule has 4 heteroatoms. The summed E-state index contributed by atoms with van der Waals surface area (Å²) in [5.74, 6) is 0.251. The number of carbonyl (C=O) groups is 1. The summed E-state index contributed by atoms with van der Waals surface area (Å²) in [4.78, 5) is 21.2. The number of nitrogens with zero attached hydrogens (tertiary/aromatic N) is 2. The second kappa shape index (κ2) is 5.77. The first kappa shape index (κ1) is 13.9. The van der Waals surface area contributed by atoms with E-state index < -0.39 is 0 Å². The lowest BCUT2D eigenvalue weighted by molar-refractivity contribution is 0.103. The van der Waals surface area contributed by atoms with Gasteiger partial charge in [-0.1, -0.05) is 42.5 Å². The fourth-order valence-corrected chi connectivity index (χ4v) is 2.23. The van der Waals surface area contributed by atoms with Crippen molar-refractivity contribution in [2.75, 3.05) is 0 Å². The topological polar surface area (TPSA) is 63.1 Å². The summed E-state index contributed by atoms with van der Waals surface area (Å²) in [6.45, 7) is 1.77. The van der Waals surface area contributed by atoms with Crippen molar-refractivity contribution >= 4 is 5.78 Å². The third kappa shape index (κ3) is 2.59. The SMILES string of the molecule is Cc1nc(-c2ccccc2)ncc1C(=O)c1ccccc1O. The maximum absolute atomic E-state index is 12.5. The molecule has 0 saturated carbocycles. The molecule has 0 atom stereocenters. The molecule has 1 aromatic heterocycles. The zero-order valence-electron chi connectivity index (χ0n) is 12.0. The second-order valence-corrected chi connectivity index (χ2v) is 4.90. The molecular weight excluding hydrogens is 276 g/mol. The lowest BCUT2D eigenvalue weighted by atomic mass is 10.0. The molecule has 0 amide bonds. The molecule has 0 bridgehead atoms. The van der Waals surface area contributed by atoms with Gasteiger partial charge in [0.1, 0.15) is 5.75 Å². The van der Waals surface area contributed by atoms with Gasteiger partial charge in [-0.05, 0) is 19.1 Å². The van der Waals surface area contributed by atoms with Crippen LogP contribution in [0.1, 0.15) is 21.6 Å². The standard InChI is InChI=1S/C18H14N2O2/c1-12-15(17(22)14-9-5-6-10-16(14)21)11-19-18(20-12)13-7-3-2-4-8-13/h2-11,21H,1H3. The summed E-state index contributed by atoms with van der Waals surface area (Å²) in [5, 5.41) is 9.80.